The quantitative estimate of drug-likeness (QED) is 0.421. The molecule has 0 amide bonds. The van der Waals surface area contributed by atoms with Gasteiger partial charge >= 0.3 is 5.51 Å². The molecule has 0 aliphatic rings. The largest absolute Gasteiger partial charge is 0.494 e. The van der Waals surface area contributed by atoms with Gasteiger partial charge < -0.3 is 4.74 Å². The first-order valence-electron chi connectivity index (χ1n) is 5.49. The number of rotatable bonds is 6. The van der Waals surface area contributed by atoms with E-state index in [2.05, 4.69) is 15.9 Å². The van der Waals surface area contributed by atoms with Crippen molar-refractivity contribution < 1.29 is 22.7 Å². The summed E-state index contributed by atoms with van der Waals surface area (Å²) in [6.45, 7) is 2.15. The molecule has 0 atom stereocenters. The maximum atomic E-state index is 12.4. The third-order valence-electron chi connectivity index (χ3n) is 2.11. The lowest BCUT2D eigenvalue weighted by Gasteiger charge is -2.12. The summed E-state index contributed by atoms with van der Waals surface area (Å²) in [5.74, 6) is 0.0529. The second-order valence-electron chi connectivity index (χ2n) is 3.50. The molecule has 0 heterocycles. The number of alkyl halides is 4. The Labute approximate surface area is 121 Å². The Morgan fingerprint density at radius 3 is 2.63 bits per heavy atom. The van der Waals surface area contributed by atoms with E-state index in [1.807, 2.05) is 0 Å². The number of hydrogen-bond acceptors (Lipinski definition) is 3. The molecule has 19 heavy (non-hydrogen) atoms. The van der Waals surface area contributed by atoms with Gasteiger partial charge in [0.2, 0.25) is 0 Å². The Hall–Kier alpha value is -0.690. The maximum absolute atomic E-state index is 12.4. The van der Waals surface area contributed by atoms with Crippen molar-refractivity contribution in [3.63, 3.8) is 0 Å². The Morgan fingerprint density at radius 2 is 2.11 bits per heavy atom. The van der Waals surface area contributed by atoms with Crippen LogP contribution in [0.25, 0.3) is 0 Å². The summed E-state index contributed by atoms with van der Waals surface area (Å²) in [6.07, 6.45) is 0.140. The van der Waals surface area contributed by atoms with E-state index in [0.717, 1.165) is 0 Å². The Bertz CT molecular complexity index is 449. The molecular formula is C12H12BrF3O2S. The van der Waals surface area contributed by atoms with E-state index in [0.29, 0.717) is 17.7 Å². The summed E-state index contributed by atoms with van der Waals surface area (Å²) >= 11 is 2.82. The second-order valence-corrected chi connectivity index (χ2v) is 5.40. The van der Waals surface area contributed by atoms with E-state index in [1.54, 1.807) is 6.92 Å². The lowest BCUT2D eigenvalue weighted by atomic mass is 10.1. The molecule has 7 heteroatoms. The van der Waals surface area contributed by atoms with Crippen LogP contribution in [0.15, 0.2) is 23.1 Å². The minimum absolute atomic E-state index is 0.0488. The van der Waals surface area contributed by atoms with Crippen LogP contribution in [0.1, 0.15) is 23.7 Å². The molecule has 0 aliphatic heterocycles. The number of benzene rings is 1. The van der Waals surface area contributed by atoms with Gasteiger partial charge in [-0.25, -0.2) is 0 Å². The molecule has 0 fully saturated rings. The average molecular weight is 357 g/mol. The van der Waals surface area contributed by atoms with E-state index >= 15 is 0 Å². The lowest BCUT2D eigenvalue weighted by Crippen LogP contribution is -2.06. The van der Waals surface area contributed by atoms with Gasteiger partial charge in [0.15, 0.2) is 5.78 Å². The van der Waals surface area contributed by atoms with Crippen LogP contribution in [0.3, 0.4) is 0 Å². The van der Waals surface area contributed by atoms with Crippen molar-refractivity contribution >= 4 is 33.5 Å². The lowest BCUT2D eigenvalue weighted by molar-refractivity contribution is -0.0328. The van der Waals surface area contributed by atoms with Gasteiger partial charge in [-0.2, -0.15) is 13.2 Å². The zero-order valence-corrected chi connectivity index (χ0v) is 12.5. The molecule has 1 rings (SSSR count). The van der Waals surface area contributed by atoms with Crippen molar-refractivity contribution in [2.45, 2.75) is 23.7 Å². The van der Waals surface area contributed by atoms with E-state index in [-0.39, 0.29) is 34.4 Å². The predicted octanol–water partition coefficient (Wildman–Crippen LogP) is 4.66. The van der Waals surface area contributed by atoms with Gasteiger partial charge in [-0.15, -0.1) is 0 Å². The van der Waals surface area contributed by atoms with Crippen molar-refractivity contribution in [1.29, 1.82) is 0 Å². The highest BCUT2D eigenvalue weighted by Gasteiger charge is 2.31. The minimum atomic E-state index is -4.42. The van der Waals surface area contributed by atoms with Gasteiger partial charge in [0.25, 0.3) is 0 Å². The number of thioether (sulfide) groups is 1. The molecule has 0 aromatic heterocycles. The summed E-state index contributed by atoms with van der Waals surface area (Å²) in [7, 11) is 0. The third-order valence-corrected chi connectivity index (χ3v) is 3.31. The number of carbonyl (C=O) groups excluding carboxylic acids is 1. The number of ether oxygens (including phenoxy) is 1. The van der Waals surface area contributed by atoms with Crippen LogP contribution >= 0.6 is 27.7 Å². The van der Waals surface area contributed by atoms with Crippen LogP contribution in [0.5, 0.6) is 5.75 Å². The van der Waals surface area contributed by atoms with Crippen LogP contribution in [-0.2, 0) is 0 Å². The zero-order chi connectivity index (χ0) is 14.5. The van der Waals surface area contributed by atoms with E-state index in [9.17, 15) is 18.0 Å². The van der Waals surface area contributed by atoms with Crippen molar-refractivity contribution in [2.75, 3.05) is 11.9 Å². The highest BCUT2D eigenvalue weighted by Crippen LogP contribution is 2.39. The summed E-state index contributed by atoms with van der Waals surface area (Å²) in [4.78, 5) is 11.7. The van der Waals surface area contributed by atoms with Gasteiger partial charge in [0.05, 0.1) is 6.61 Å². The van der Waals surface area contributed by atoms with Crippen molar-refractivity contribution in [2.24, 2.45) is 0 Å². The molecule has 0 unspecified atom stereocenters. The fourth-order valence-corrected chi connectivity index (χ4v) is 2.45. The maximum Gasteiger partial charge on any atom is 0.446 e. The topological polar surface area (TPSA) is 26.3 Å². The minimum Gasteiger partial charge on any atom is -0.494 e. The van der Waals surface area contributed by atoms with Gasteiger partial charge in [0.1, 0.15) is 5.75 Å². The Morgan fingerprint density at radius 1 is 1.42 bits per heavy atom. The molecule has 0 spiro atoms. The summed E-state index contributed by atoms with van der Waals surface area (Å²) in [6, 6.07) is 4.07. The first-order valence-corrected chi connectivity index (χ1v) is 7.43. The van der Waals surface area contributed by atoms with Crippen LogP contribution in [-0.4, -0.2) is 23.2 Å². The molecule has 0 saturated heterocycles. The fraction of sp³-hybridized carbons (Fsp3) is 0.417. The normalized spacial score (nSPS) is 11.4. The smallest absolute Gasteiger partial charge is 0.446 e. The van der Waals surface area contributed by atoms with E-state index in [4.69, 9.17) is 4.74 Å². The monoisotopic (exact) mass is 356 g/mol. The third kappa shape index (κ3) is 5.44. The fourth-order valence-electron chi connectivity index (χ4n) is 1.42. The summed E-state index contributed by atoms with van der Waals surface area (Å²) in [5.41, 5.74) is -4.37. The predicted molar refractivity (Wildman–Crippen MR) is 72.3 cm³/mol. The van der Waals surface area contributed by atoms with Gasteiger partial charge in [0, 0.05) is 22.2 Å². The Kier molecular flexibility index (Phi) is 6.19. The highest BCUT2D eigenvalue weighted by atomic mass is 79.9. The van der Waals surface area contributed by atoms with Crippen LogP contribution in [0.4, 0.5) is 13.2 Å². The Balaban J connectivity index is 3.11. The number of ketones is 1. The molecule has 1 aromatic carbocycles. The summed E-state index contributed by atoms with van der Waals surface area (Å²) < 4.78 is 42.5. The van der Waals surface area contributed by atoms with Crippen molar-refractivity contribution in [3.8, 4) is 5.75 Å². The SMILES string of the molecule is CCOc1ccc(SC(F)(F)F)c(C(=O)CCBr)c1. The van der Waals surface area contributed by atoms with Crippen LogP contribution in [0, 0.1) is 0 Å². The molecule has 1 aromatic rings. The van der Waals surface area contributed by atoms with Gasteiger partial charge in [-0.3, -0.25) is 4.79 Å². The van der Waals surface area contributed by atoms with E-state index < -0.39 is 5.51 Å². The number of hydrogen-bond donors (Lipinski definition) is 0. The molecule has 0 aliphatic carbocycles. The molecule has 0 N–H and O–H groups in total. The molecule has 0 radical (unpaired) electrons. The molecular weight excluding hydrogens is 345 g/mol. The molecule has 106 valence electrons. The molecule has 0 saturated carbocycles. The molecule has 2 nitrogen and oxygen atoms in total. The van der Waals surface area contributed by atoms with Crippen molar-refractivity contribution in [3.05, 3.63) is 23.8 Å². The van der Waals surface area contributed by atoms with Gasteiger partial charge in [-0.1, -0.05) is 15.9 Å². The number of Topliss-reactive ketones (excluding diaryl/α,β-unsaturated/α-hetero) is 1. The van der Waals surface area contributed by atoms with Crippen LogP contribution in [0.2, 0.25) is 0 Å². The first-order chi connectivity index (χ1) is 8.87. The van der Waals surface area contributed by atoms with Crippen LogP contribution < -0.4 is 4.74 Å². The summed E-state index contributed by atoms with van der Waals surface area (Å²) in [5, 5.41) is 0.404. The van der Waals surface area contributed by atoms with E-state index in [1.165, 1.54) is 18.2 Å². The number of carbonyl (C=O) groups is 1. The van der Waals surface area contributed by atoms with Crippen molar-refractivity contribution in [1.82, 2.24) is 0 Å². The zero-order valence-electron chi connectivity index (χ0n) is 10.1. The molecule has 0 bridgehead atoms. The average Bonchev–Trinajstić information content (AvgIpc) is 2.30. The van der Waals surface area contributed by atoms with Gasteiger partial charge in [-0.05, 0) is 36.9 Å². The highest BCUT2D eigenvalue weighted by molar-refractivity contribution is 9.09. The second kappa shape index (κ2) is 7.19. The standard InChI is InChI=1S/C12H12BrF3O2S/c1-2-18-8-3-4-11(19-12(14,15)16)9(7-8)10(17)5-6-13/h3-4,7H,2,5-6H2,1H3. The number of halogens is 4. The first kappa shape index (κ1) is 16.4.